The molecule has 94 valence electrons. The minimum atomic E-state index is -2.51. The van der Waals surface area contributed by atoms with Crippen LogP contribution in [-0.2, 0) is 11.4 Å². The highest BCUT2D eigenvalue weighted by Crippen LogP contribution is 2.35. The molecular weight excluding hydrogens is 232 g/mol. The van der Waals surface area contributed by atoms with Crippen LogP contribution >= 0.6 is 0 Å². The summed E-state index contributed by atoms with van der Waals surface area (Å²) < 4.78 is 40.9. The van der Waals surface area contributed by atoms with Crippen molar-refractivity contribution in [2.24, 2.45) is 10.3 Å². The van der Waals surface area contributed by atoms with Crippen molar-refractivity contribution in [3.05, 3.63) is 0 Å². The van der Waals surface area contributed by atoms with Gasteiger partial charge in [-0.05, 0) is 39.5 Å². The predicted molar refractivity (Wildman–Crippen MR) is 63.3 cm³/mol. The van der Waals surface area contributed by atoms with Crippen LogP contribution in [0.25, 0.3) is 0 Å². The van der Waals surface area contributed by atoms with E-state index in [2.05, 4.69) is 4.40 Å². The van der Waals surface area contributed by atoms with Crippen LogP contribution in [0.5, 0.6) is 0 Å². The first kappa shape index (κ1) is 13.9. The molecule has 0 aliphatic heterocycles. The quantitative estimate of drug-likeness (QED) is 0.547. The number of hydrogen-bond acceptors (Lipinski definition) is 2. The molecule has 1 saturated carbocycles. The van der Waals surface area contributed by atoms with Gasteiger partial charge in [-0.2, -0.15) is 0 Å². The summed E-state index contributed by atoms with van der Waals surface area (Å²) in [5.41, 5.74) is 0. The summed E-state index contributed by atoms with van der Waals surface area (Å²) in [5.74, 6) is -2.45. The van der Waals surface area contributed by atoms with E-state index in [1.807, 2.05) is 20.8 Å². The van der Waals surface area contributed by atoms with Crippen LogP contribution in [0.1, 0.15) is 46.5 Å². The molecule has 0 amide bonds. The Kier molecular flexibility index (Phi) is 4.35. The highest BCUT2D eigenvalue weighted by atomic mass is 32.2. The zero-order valence-electron chi connectivity index (χ0n) is 10.0. The maximum atomic E-state index is 12.9. The van der Waals surface area contributed by atoms with Crippen molar-refractivity contribution in [1.82, 2.24) is 0 Å². The molecule has 2 nitrogen and oxygen atoms in total. The number of halogens is 2. The first-order valence-electron chi connectivity index (χ1n) is 5.55. The second-order valence-electron chi connectivity index (χ2n) is 5.31. The van der Waals surface area contributed by atoms with Crippen molar-refractivity contribution < 1.29 is 13.3 Å². The molecule has 0 aromatic carbocycles. The van der Waals surface area contributed by atoms with E-state index >= 15 is 0 Å². The molecule has 0 spiro atoms. The molecule has 0 radical (unpaired) electrons. The van der Waals surface area contributed by atoms with E-state index in [4.69, 9.17) is 0 Å². The van der Waals surface area contributed by atoms with Gasteiger partial charge in [0.05, 0.1) is 6.21 Å². The van der Waals surface area contributed by atoms with E-state index in [1.165, 1.54) is 0 Å². The van der Waals surface area contributed by atoms with E-state index in [9.17, 15) is 13.3 Å². The minimum absolute atomic E-state index is 0.0610. The summed E-state index contributed by atoms with van der Waals surface area (Å²) in [6.07, 6.45) is 2.34. The lowest BCUT2D eigenvalue weighted by Crippen LogP contribution is -2.28. The molecular formula is C11H19F2NOS. The van der Waals surface area contributed by atoms with E-state index < -0.39 is 17.3 Å². The molecule has 1 atom stereocenters. The number of alkyl halides is 2. The molecule has 0 aromatic heterocycles. The zero-order valence-corrected chi connectivity index (χ0v) is 10.8. The van der Waals surface area contributed by atoms with Crippen molar-refractivity contribution in [3.63, 3.8) is 0 Å². The maximum absolute atomic E-state index is 12.9. The van der Waals surface area contributed by atoms with Gasteiger partial charge in [0.1, 0.15) is 16.1 Å². The summed E-state index contributed by atoms with van der Waals surface area (Å²) in [6.45, 7) is 5.53. The topological polar surface area (TPSA) is 35.4 Å². The Morgan fingerprint density at radius 2 is 1.81 bits per heavy atom. The fraction of sp³-hybridized carbons (Fsp3) is 0.909. The minimum Gasteiger partial charge on any atom is -0.591 e. The summed E-state index contributed by atoms with van der Waals surface area (Å²) in [5, 5.41) is 0. The Hall–Kier alpha value is -0.160. The van der Waals surface area contributed by atoms with Crippen molar-refractivity contribution in [2.45, 2.75) is 57.1 Å². The molecule has 1 aliphatic rings. The second kappa shape index (κ2) is 5.00. The van der Waals surface area contributed by atoms with Crippen LogP contribution in [-0.4, -0.2) is 21.4 Å². The van der Waals surface area contributed by atoms with Gasteiger partial charge < -0.3 is 4.55 Å². The number of nitrogens with zero attached hydrogens (tertiary/aromatic N) is 1. The number of rotatable bonds is 2. The van der Waals surface area contributed by atoms with Gasteiger partial charge in [0, 0.05) is 12.8 Å². The molecule has 0 heterocycles. The molecule has 16 heavy (non-hydrogen) atoms. The summed E-state index contributed by atoms with van der Waals surface area (Å²) in [7, 11) is 0. The Balaban J connectivity index is 2.42. The van der Waals surface area contributed by atoms with Gasteiger partial charge in [0.15, 0.2) is 0 Å². The fourth-order valence-corrected chi connectivity index (χ4v) is 2.11. The zero-order chi connectivity index (χ0) is 12.4. The Labute approximate surface area is 98.8 Å². The molecule has 0 unspecified atom stereocenters. The third-order valence-corrected chi connectivity index (χ3v) is 4.01. The lowest BCUT2D eigenvalue weighted by Gasteiger charge is -2.26. The molecule has 0 saturated heterocycles. The average Bonchev–Trinajstić information content (AvgIpc) is 2.14. The monoisotopic (exact) mass is 251 g/mol. The highest BCUT2D eigenvalue weighted by Gasteiger charge is 2.35. The summed E-state index contributed by atoms with van der Waals surface area (Å²) in [4.78, 5) is 0. The van der Waals surface area contributed by atoms with Crippen LogP contribution in [0.15, 0.2) is 4.40 Å². The standard InChI is InChI=1S/C11H19F2NOS/c1-10(2,3)16(15)14-8-9-4-6-11(12,13)7-5-9/h8-9H,4-7H2,1-3H3/b14-8-/t16-/m1/s1. The van der Waals surface area contributed by atoms with Crippen LogP contribution < -0.4 is 0 Å². The van der Waals surface area contributed by atoms with E-state index in [0.717, 1.165) is 0 Å². The molecule has 1 aliphatic carbocycles. The molecule has 1 rings (SSSR count). The Bertz CT molecular complexity index is 253. The lowest BCUT2D eigenvalue weighted by atomic mass is 9.88. The van der Waals surface area contributed by atoms with Crippen molar-refractivity contribution in [3.8, 4) is 0 Å². The molecule has 1 fully saturated rings. The molecule has 0 N–H and O–H groups in total. The maximum Gasteiger partial charge on any atom is 0.248 e. The van der Waals surface area contributed by atoms with Crippen LogP contribution in [0.3, 0.4) is 0 Å². The fourth-order valence-electron chi connectivity index (χ4n) is 1.51. The summed E-state index contributed by atoms with van der Waals surface area (Å²) >= 11 is -1.28. The molecule has 0 aromatic rings. The smallest absolute Gasteiger partial charge is 0.248 e. The van der Waals surface area contributed by atoms with Gasteiger partial charge in [-0.1, -0.05) is 4.40 Å². The first-order valence-corrected chi connectivity index (χ1v) is 6.65. The van der Waals surface area contributed by atoms with E-state index in [-0.39, 0.29) is 23.5 Å². The van der Waals surface area contributed by atoms with Crippen LogP contribution in [0, 0.1) is 5.92 Å². The lowest BCUT2D eigenvalue weighted by molar-refractivity contribution is -0.0390. The van der Waals surface area contributed by atoms with Gasteiger partial charge in [-0.15, -0.1) is 0 Å². The van der Waals surface area contributed by atoms with Gasteiger partial charge in [0.25, 0.3) is 0 Å². The highest BCUT2D eigenvalue weighted by molar-refractivity contribution is 7.91. The molecule has 5 heteroatoms. The van der Waals surface area contributed by atoms with Gasteiger partial charge in [-0.3, -0.25) is 0 Å². The average molecular weight is 251 g/mol. The third-order valence-electron chi connectivity index (χ3n) is 2.65. The van der Waals surface area contributed by atoms with Gasteiger partial charge in [0.2, 0.25) is 5.92 Å². The van der Waals surface area contributed by atoms with Crippen molar-refractivity contribution in [2.75, 3.05) is 0 Å². The van der Waals surface area contributed by atoms with Gasteiger partial charge >= 0.3 is 0 Å². The first-order chi connectivity index (χ1) is 7.21. The second-order valence-corrected chi connectivity index (χ2v) is 7.24. The largest absolute Gasteiger partial charge is 0.591 e. The Morgan fingerprint density at radius 1 is 1.31 bits per heavy atom. The normalized spacial score (nSPS) is 24.9. The third kappa shape index (κ3) is 4.37. The predicted octanol–water partition coefficient (Wildman–Crippen LogP) is 3.34. The van der Waals surface area contributed by atoms with Crippen molar-refractivity contribution in [1.29, 1.82) is 0 Å². The number of hydrogen-bond donors (Lipinski definition) is 0. The van der Waals surface area contributed by atoms with Gasteiger partial charge in [-0.25, -0.2) is 8.78 Å². The Morgan fingerprint density at radius 3 is 2.25 bits per heavy atom. The summed E-state index contributed by atoms with van der Waals surface area (Å²) in [6, 6.07) is 0. The van der Waals surface area contributed by atoms with E-state index in [1.54, 1.807) is 6.21 Å². The van der Waals surface area contributed by atoms with Crippen LogP contribution in [0.2, 0.25) is 0 Å². The van der Waals surface area contributed by atoms with Crippen LogP contribution in [0.4, 0.5) is 8.78 Å². The van der Waals surface area contributed by atoms with Crippen molar-refractivity contribution >= 4 is 17.6 Å². The molecule has 0 bridgehead atoms. The SMILES string of the molecule is CC(C)(C)[S@@+]([O-])/N=C\C1CCC(F)(F)CC1. The van der Waals surface area contributed by atoms with E-state index in [0.29, 0.717) is 12.8 Å².